The maximum Gasteiger partial charge on any atom is 0.171 e. The van der Waals surface area contributed by atoms with Crippen molar-refractivity contribution < 1.29 is 13.2 Å². The fraction of sp³-hybridized carbons (Fsp3) is 0.100. The van der Waals surface area contributed by atoms with E-state index in [-0.39, 0.29) is 16.0 Å². The van der Waals surface area contributed by atoms with Crippen molar-refractivity contribution >= 4 is 21.7 Å². The normalized spacial score (nSPS) is 10.9. The molecule has 0 spiro atoms. The summed E-state index contributed by atoms with van der Waals surface area (Å²) in [5.41, 5.74) is 4.91. The summed E-state index contributed by atoms with van der Waals surface area (Å²) in [6, 6.07) is 1.99. The lowest BCUT2D eigenvalue weighted by Gasteiger charge is -2.04. The van der Waals surface area contributed by atoms with Crippen molar-refractivity contribution in [2.75, 3.05) is 5.73 Å². The molecule has 0 unspecified atom stereocenters. The van der Waals surface area contributed by atoms with Crippen LogP contribution in [0.2, 0.25) is 0 Å². The summed E-state index contributed by atoms with van der Waals surface area (Å²) in [5, 5.41) is 3.81. The van der Waals surface area contributed by atoms with E-state index < -0.39 is 23.0 Å². The summed E-state index contributed by atoms with van der Waals surface area (Å²) in [6.07, 6.45) is 0. The Kier molecular flexibility index (Phi) is 2.86. The van der Waals surface area contributed by atoms with E-state index in [2.05, 4.69) is 21.0 Å². The van der Waals surface area contributed by atoms with Gasteiger partial charge in [-0.25, -0.2) is 13.2 Å². The van der Waals surface area contributed by atoms with Gasteiger partial charge in [-0.05, 0) is 22.0 Å². The van der Waals surface area contributed by atoms with E-state index in [1.54, 1.807) is 0 Å². The maximum atomic E-state index is 13.7. The van der Waals surface area contributed by atoms with Crippen LogP contribution in [0.3, 0.4) is 0 Å². The van der Waals surface area contributed by atoms with Crippen LogP contribution in [0.1, 0.15) is 0 Å². The number of aryl methyl sites for hydroxylation is 1. The fourth-order valence-electron chi connectivity index (χ4n) is 1.40. The zero-order chi connectivity index (χ0) is 12.7. The van der Waals surface area contributed by atoms with E-state index in [0.717, 1.165) is 6.07 Å². The van der Waals surface area contributed by atoms with Crippen LogP contribution < -0.4 is 5.73 Å². The molecule has 1 aromatic carbocycles. The predicted octanol–water partition coefficient (Wildman–Crippen LogP) is 2.85. The molecule has 0 radical (unpaired) electrons. The number of hydrogen-bond acceptors (Lipinski definition) is 2. The zero-order valence-electron chi connectivity index (χ0n) is 8.64. The third-order valence-corrected chi connectivity index (χ3v) is 2.86. The first-order valence-electron chi connectivity index (χ1n) is 4.54. The van der Waals surface area contributed by atoms with Crippen LogP contribution in [0.25, 0.3) is 11.3 Å². The van der Waals surface area contributed by atoms with E-state index in [9.17, 15) is 13.2 Å². The molecule has 7 heteroatoms. The second-order valence-corrected chi connectivity index (χ2v) is 4.28. The first-order chi connectivity index (χ1) is 7.91. The largest absolute Gasteiger partial charge is 0.384 e. The van der Waals surface area contributed by atoms with Crippen molar-refractivity contribution in [1.29, 1.82) is 0 Å². The van der Waals surface area contributed by atoms with Crippen molar-refractivity contribution in [2.24, 2.45) is 7.05 Å². The summed E-state index contributed by atoms with van der Waals surface area (Å²) < 4.78 is 41.5. The van der Waals surface area contributed by atoms with Crippen molar-refractivity contribution in [2.45, 2.75) is 0 Å². The minimum atomic E-state index is -1.29. The molecular weight excluding hydrogens is 299 g/mol. The molecule has 2 N–H and O–H groups in total. The fourth-order valence-corrected chi connectivity index (χ4v) is 1.80. The third-order valence-electron chi connectivity index (χ3n) is 2.28. The molecule has 2 rings (SSSR count). The van der Waals surface area contributed by atoms with E-state index in [1.165, 1.54) is 17.8 Å². The van der Waals surface area contributed by atoms with Crippen LogP contribution in [0.15, 0.2) is 16.6 Å². The van der Waals surface area contributed by atoms with Crippen LogP contribution >= 0.6 is 15.9 Å². The Hall–Kier alpha value is -1.50. The van der Waals surface area contributed by atoms with Gasteiger partial charge in [-0.1, -0.05) is 0 Å². The molecule has 2 aromatic rings. The quantitative estimate of drug-likeness (QED) is 0.823. The molecule has 0 saturated heterocycles. The summed E-state index contributed by atoms with van der Waals surface area (Å²) in [7, 11) is 1.52. The Labute approximate surface area is 103 Å². The molecule has 0 aliphatic heterocycles. The van der Waals surface area contributed by atoms with Gasteiger partial charge in [0.25, 0.3) is 0 Å². The smallest absolute Gasteiger partial charge is 0.171 e. The highest BCUT2D eigenvalue weighted by Crippen LogP contribution is 2.32. The van der Waals surface area contributed by atoms with Gasteiger partial charge in [-0.2, -0.15) is 5.10 Å². The number of rotatable bonds is 1. The molecule has 17 heavy (non-hydrogen) atoms. The summed E-state index contributed by atoms with van der Waals surface area (Å²) in [5.74, 6) is -3.14. The molecular formula is C10H7BrF3N3. The highest BCUT2D eigenvalue weighted by atomic mass is 79.9. The Morgan fingerprint density at radius 1 is 1.24 bits per heavy atom. The van der Waals surface area contributed by atoms with Gasteiger partial charge in [0.2, 0.25) is 0 Å². The first kappa shape index (κ1) is 12.0. The number of nitrogens with two attached hydrogens (primary N) is 1. The second-order valence-electron chi connectivity index (χ2n) is 3.42. The van der Waals surface area contributed by atoms with Crippen LogP contribution in [0.4, 0.5) is 19.0 Å². The number of halogens is 4. The number of hydrogen-bond donors (Lipinski definition) is 1. The predicted molar refractivity (Wildman–Crippen MR) is 60.6 cm³/mol. The first-order valence-corrected chi connectivity index (χ1v) is 5.34. The van der Waals surface area contributed by atoms with E-state index in [0.29, 0.717) is 0 Å². The highest BCUT2D eigenvalue weighted by Gasteiger charge is 2.21. The standard InChI is InChI=1S/C10H7BrF3N3/c1-17-7(15)3-6(16-17)8-9(13)4(11)2-5(12)10(8)14/h2-3H,15H2,1H3. The number of nitrogen functional groups attached to an aromatic ring is 1. The lowest BCUT2D eigenvalue weighted by atomic mass is 10.1. The highest BCUT2D eigenvalue weighted by molar-refractivity contribution is 9.10. The minimum Gasteiger partial charge on any atom is -0.384 e. The molecule has 0 atom stereocenters. The molecule has 1 heterocycles. The third kappa shape index (κ3) is 1.90. The van der Waals surface area contributed by atoms with Gasteiger partial charge in [0.15, 0.2) is 11.6 Å². The molecule has 1 aromatic heterocycles. The Balaban J connectivity index is 2.74. The Morgan fingerprint density at radius 2 is 1.88 bits per heavy atom. The van der Waals surface area contributed by atoms with Crippen molar-refractivity contribution in [3.05, 3.63) is 34.1 Å². The van der Waals surface area contributed by atoms with E-state index >= 15 is 0 Å². The molecule has 0 fully saturated rings. The number of aromatic nitrogens is 2. The van der Waals surface area contributed by atoms with Crippen LogP contribution in [0.5, 0.6) is 0 Å². The van der Waals surface area contributed by atoms with Gasteiger partial charge in [0, 0.05) is 13.1 Å². The number of nitrogens with zero attached hydrogens (tertiary/aromatic N) is 2. The number of benzene rings is 1. The molecule has 0 aliphatic rings. The van der Waals surface area contributed by atoms with Crippen LogP contribution in [-0.4, -0.2) is 9.78 Å². The molecule has 0 aliphatic carbocycles. The topological polar surface area (TPSA) is 43.8 Å². The van der Waals surface area contributed by atoms with Gasteiger partial charge in [-0.15, -0.1) is 0 Å². The summed E-state index contributed by atoms with van der Waals surface area (Å²) in [4.78, 5) is 0. The molecule has 0 saturated carbocycles. The lowest BCUT2D eigenvalue weighted by molar-refractivity contribution is 0.496. The van der Waals surface area contributed by atoms with E-state index in [4.69, 9.17) is 5.73 Å². The maximum absolute atomic E-state index is 13.7. The van der Waals surface area contributed by atoms with Gasteiger partial charge in [0.05, 0.1) is 10.0 Å². The van der Waals surface area contributed by atoms with Gasteiger partial charge < -0.3 is 5.73 Å². The van der Waals surface area contributed by atoms with Gasteiger partial charge in [-0.3, -0.25) is 4.68 Å². The van der Waals surface area contributed by atoms with Crippen molar-refractivity contribution in [3.8, 4) is 11.3 Å². The van der Waals surface area contributed by atoms with Crippen molar-refractivity contribution in [1.82, 2.24) is 9.78 Å². The summed E-state index contributed by atoms with van der Waals surface area (Å²) >= 11 is 2.81. The SMILES string of the molecule is Cn1nc(-c2c(F)c(F)cc(Br)c2F)cc1N. The van der Waals surface area contributed by atoms with Crippen LogP contribution in [-0.2, 0) is 7.05 Å². The van der Waals surface area contributed by atoms with Crippen LogP contribution in [0, 0.1) is 17.5 Å². The van der Waals surface area contributed by atoms with Gasteiger partial charge >= 0.3 is 0 Å². The Bertz CT molecular complexity index is 549. The monoisotopic (exact) mass is 305 g/mol. The molecule has 3 nitrogen and oxygen atoms in total. The van der Waals surface area contributed by atoms with Crippen molar-refractivity contribution in [3.63, 3.8) is 0 Å². The zero-order valence-corrected chi connectivity index (χ0v) is 10.2. The average molecular weight is 306 g/mol. The Morgan fingerprint density at radius 3 is 2.41 bits per heavy atom. The molecule has 0 bridgehead atoms. The summed E-state index contributed by atoms with van der Waals surface area (Å²) in [6.45, 7) is 0. The second kappa shape index (κ2) is 4.06. The lowest BCUT2D eigenvalue weighted by Crippen LogP contribution is -1.98. The van der Waals surface area contributed by atoms with Gasteiger partial charge in [0.1, 0.15) is 17.3 Å². The molecule has 90 valence electrons. The average Bonchev–Trinajstić information content (AvgIpc) is 2.57. The minimum absolute atomic E-state index is 0.0554. The van der Waals surface area contributed by atoms with E-state index in [1.807, 2.05) is 0 Å². The number of anilines is 1. The molecule has 0 amide bonds.